The molecule has 7 heteroatoms. The van der Waals surface area contributed by atoms with E-state index in [1.807, 2.05) is 36.2 Å². The molecular weight excluding hydrogens is 416 g/mol. The van der Waals surface area contributed by atoms with Crippen molar-refractivity contribution < 1.29 is 14.4 Å². The van der Waals surface area contributed by atoms with Crippen molar-refractivity contribution in [1.29, 1.82) is 0 Å². The summed E-state index contributed by atoms with van der Waals surface area (Å²) in [6.07, 6.45) is 6.08. The normalized spacial score (nSPS) is 22.5. The summed E-state index contributed by atoms with van der Waals surface area (Å²) < 4.78 is 0. The maximum atomic E-state index is 13.1. The van der Waals surface area contributed by atoms with Crippen LogP contribution in [-0.4, -0.2) is 66.8 Å². The molecule has 0 bridgehead atoms. The second-order valence-electron chi connectivity index (χ2n) is 9.88. The molecule has 0 spiro atoms. The van der Waals surface area contributed by atoms with Gasteiger partial charge in [0.2, 0.25) is 17.7 Å². The molecule has 1 aliphatic carbocycles. The molecule has 1 heterocycles. The number of hydrogen-bond donors (Lipinski definition) is 2. The molecule has 1 saturated heterocycles. The number of anilines is 1. The zero-order valence-corrected chi connectivity index (χ0v) is 20.4. The molecule has 2 aliphatic rings. The standard InChI is InChI=1S/C26H40N4O3/c1-4-24(31)28-23(26(33)30-15-13-29(3)14-16-30)17-20-9-11-22(12-10-20)27-25(32)18-21-7-5-19(2)6-8-21/h9-12,19,21,23H,4-8,13-18H2,1-3H3,(H,27,32)(H,28,31)/t19?,21?,23-/m1/s1. The molecule has 1 aromatic rings. The molecule has 1 aromatic carbocycles. The maximum absolute atomic E-state index is 13.1. The highest BCUT2D eigenvalue weighted by molar-refractivity contribution is 5.91. The van der Waals surface area contributed by atoms with E-state index < -0.39 is 6.04 Å². The maximum Gasteiger partial charge on any atom is 0.245 e. The minimum atomic E-state index is -0.574. The summed E-state index contributed by atoms with van der Waals surface area (Å²) in [4.78, 5) is 41.7. The third-order valence-electron chi connectivity index (χ3n) is 7.06. The molecule has 0 radical (unpaired) electrons. The van der Waals surface area contributed by atoms with Gasteiger partial charge in [0.1, 0.15) is 6.04 Å². The molecule has 3 amide bonds. The number of nitrogens with zero attached hydrogens (tertiary/aromatic N) is 2. The van der Waals surface area contributed by atoms with Gasteiger partial charge < -0.3 is 20.4 Å². The van der Waals surface area contributed by atoms with E-state index in [1.165, 1.54) is 12.8 Å². The van der Waals surface area contributed by atoms with Gasteiger partial charge in [-0.05, 0) is 49.4 Å². The number of hydrogen-bond acceptors (Lipinski definition) is 4. The van der Waals surface area contributed by atoms with Crippen molar-refractivity contribution in [3.63, 3.8) is 0 Å². The molecule has 0 aromatic heterocycles. The predicted octanol–water partition coefficient (Wildman–Crippen LogP) is 3.05. The highest BCUT2D eigenvalue weighted by atomic mass is 16.2. The predicted molar refractivity (Wildman–Crippen MR) is 131 cm³/mol. The quantitative estimate of drug-likeness (QED) is 0.630. The summed E-state index contributed by atoms with van der Waals surface area (Å²) in [5.41, 5.74) is 1.73. The van der Waals surface area contributed by atoms with E-state index in [1.54, 1.807) is 6.92 Å². The average molecular weight is 457 g/mol. The van der Waals surface area contributed by atoms with Crippen molar-refractivity contribution in [2.24, 2.45) is 11.8 Å². The van der Waals surface area contributed by atoms with E-state index in [4.69, 9.17) is 0 Å². The van der Waals surface area contributed by atoms with E-state index in [0.29, 0.717) is 38.3 Å². The van der Waals surface area contributed by atoms with Gasteiger partial charge in [0.25, 0.3) is 0 Å². The lowest BCUT2D eigenvalue weighted by Crippen LogP contribution is -2.54. The van der Waals surface area contributed by atoms with Crippen LogP contribution in [0.4, 0.5) is 5.69 Å². The lowest BCUT2D eigenvalue weighted by Gasteiger charge is -2.34. The molecule has 3 rings (SSSR count). The first-order valence-electron chi connectivity index (χ1n) is 12.5. The Bertz CT molecular complexity index is 794. The number of nitrogens with one attached hydrogen (secondary N) is 2. The molecule has 0 unspecified atom stereocenters. The van der Waals surface area contributed by atoms with Gasteiger partial charge in [0.05, 0.1) is 0 Å². The number of amides is 3. The van der Waals surface area contributed by atoms with Crippen LogP contribution in [0.3, 0.4) is 0 Å². The number of carbonyl (C=O) groups excluding carboxylic acids is 3. The Hall–Kier alpha value is -2.41. The summed E-state index contributed by atoms with van der Waals surface area (Å²) in [5.74, 6) is 1.20. The highest BCUT2D eigenvalue weighted by Crippen LogP contribution is 2.30. The smallest absolute Gasteiger partial charge is 0.245 e. The third-order valence-corrected chi connectivity index (χ3v) is 7.06. The Morgan fingerprint density at radius 3 is 2.21 bits per heavy atom. The van der Waals surface area contributed by atoms with Crippen molar-refractivity contribution in [2.45, 2.75) is 64.8 Å². The molecule has 1 aliphatic heterocycles. The van der Waals surface area contributed by atoms with Gasteiger partial charge in [0.15, 0.2) is 0 Å². The van der Waals surface area contributed by atoms with E-state index in [2.05, 4.69) is 22.5 Å². The first-order valence-corrected chi connectivity index (χ1v) is 12.5. The summed E-state index contributed by atoms with van der Waals surface area (Å²) in [5, 5.41) is 5.92. The van der Waals surface area contributed by atoms with Crippen molar-refractivity contribution in [2.75, 3.05) is 38.5 Å². The Morgan fingerprint density at radius 2 is 1.61 bits per heavy atom. The van der Waals surface area contributed by atoms with Crippen LogP contribution in [-0.2, 0) is 20.8 Å². The van der Waals surface area contributed by atoms with E-state index >= 15 is 0 Å². The van der Waals surface area contributed by atoms with Crippen LogP contribution < -0.4 is 10.6 Å². The third kappa shape index (κ3) is 7.84. The van der Waals surface area contributed by atoms with Crippen LogP contribution in [0, 0.1) is 11.8 Å². The van der Waals surface area contributed by atoms with Crippen molar-refractivity contribution in [3.05, 3.63) is 29.8 Å². The number of carbonyl (C=O) groups is 3. The van der Waals surface area contributed by atoms with Gasteiger partial charge in [-0.1, -0.05) is 38.8 Å². The first-order chi connectivity index (χ1) is 15.8. The van der Waals surface area contributed by atoms with E-state index in [0.717, 1.165) is 43.1 Å². The number of benzene rings is 1. The van der Waals surface area contributed by atoms with Crippen molar-refractivity contribution in [3.8, 4) is 0 Å². The largest absolute Gasteiger partial charge is 0.344 e. The van der Waals surface area contributed by atoms with Gasteiger partial charge in [-0.3, -0.25) is 14.4 Å². The monoisotopic (exact) mass is 456 g/mol. The van der Waals surface area contributed by atoms with Crippen molar-refractivity contribution >= 4 is 23.4 Å². The SMILES string of the molecule is CCC(=O)N[C@H](Cc1ccc(NC(=O)CC2CCC(C)CC2)cc1)C(=O)N1CCN(C)CC1. The van der Waals surface area contributed by atoms with Gasteiger partial charge in [-0.25, -0.2) is 0 Å². The molecule has 1 saturated carbocycles. The molecule has 182 valence electrons. The van der Waals surface area contributed by atoms with Gasteiger partial charge in [0, 0.05) is 51.1 Å². The second kappa shape index (κ2) is 12.2. The fourth-order valence-electron chi connectivity index (χ4n) is 4.71. The minimum Gasteiger partial charge on any atom is -0.344 e. The van der Waals surface area contributed by atoms with Crippen LogP contribution in [0.15, 0.2) is 24.3 Å². The topological polar surface area (TPSA) is 81.8 Å². The summed E-state index contributed by atoms with van der Waals surface area (Å²) in [6, 6.07) is 7.06. The van der Waals surface area contributed by atoms with Crippen LogP contribution >= 0.6 is 0 Å². The Morgan fingerprint density at radius 1 is 0.970 bits per heavy atom. The second-order valence-corrected chi connectivity index (χ2v) is 9.88. The highest BCUT2D eigenvalue weighted by Gasteiger charge is 2.28. The minimum absolute atomic E-state index is 0.0240. The Balaban J connectivity index is 1.56. The van der Waals surface area contributed by atoms with E-state index in [9.17, 15) is 14.4 Å². The molecule has 2 N–H and O–H groups in total. The van der Waals surface area contributed by atoms with Crippen LogP contribution in [0.2, 0.25) is 0 Å². The van der Waals surface area contributed by atoms with Crippen molar-refractivity contribution in [1.82, 2.24) is 15.1 Å². The lowest BCUT2D eigenvalue weighted by atomic mass is 9.81. The molecule has 33 heavy (non-hydrogen) atoms. The molecule has 7 nitrogen and oxygen atoms in total. The number of rotatable bonds is 8. The number of piperazine rings is 1. The lowest BCUT2D eigenvalue weighted by molar-refractivity contribution is -0.137. The summed E-state index contributed by atoms with van der Waals surface area (Å²) in [7, 11) is 2.05. The Kier molecular flexibility index (Phi) is 9.30. The summed E-state index contributed by atoms with van der Waals surface area (Å²) >= 11 is 0. The van der Waals surface area contributed by atoms with E-state index in [-0.39, 0.29) is 17.7 Å². The zero-order chi connectivity index (χ0) is 23.8. The van der Waals surface area contributed by atoms with Gasteiger partial charge >= 0.3 is 0 Å². The molecule has 1 atom stereocenters. The number of likely N-dealkylation sites (N-methyl/N-ethyl adjacent to an activating group) is 1. The fraction of sp³-hybridized carbons (Fsp3) is 0.654. The average Bonchev–Trinajstić information content (AvgIpc) is 2.81. The zero-order valence-electron chi connectivity index (χ0n) is 20.4. The van der Waals surface area contributed by atoms with Crippen LogP contribution in [0.25, 0.3) is 0 Å². The Labute approximate surface area is 198 Å². The molecular formula is C26H40N4O3. The molecule has 2 fully saturated rings. The van der Waals surface area contributed by atoms with Gasteiger partial charge in [-0.2, -0.15) is 0 Å². The van der Waals surface area contributed by atoms with Gasteiger partial charge in [-0.15, -0.1) is 0 Å². The fourth-order valence-corrected chi connectivity index (χ4v) is 4.71. The van der Waals surface area contributed by atoms with Crippen LogP contribution in [0.1, 0.15) is 57.9 Å². The summed E-state index contributed by atoms with van der Waals surface area (Å²) in [6.45, 7) is 7.12. The first kappa shape index (κ1) is 25.2. The van der Waals surface area contributed by atoms with Crippen LogP contribution in [0.5, 0.6) is 0 Å².